The first kappa shape index (κ1) is 16.8. The van der Waals surface area contributed by atoms with E-state index in [1.165, 1.54) is 23.7 Å². The van der Waals surface area contributed by atoms with E-state index in [1.54, 1.807) is 34.4 Å². The third-order valence-corrected chi connectivity index (χ3v) is 7.71. The van der Waals surface area contributed by atoms with E-state index in [-0.39, 0.29) is 5.97 Å². The molecule has 0 atom stereocenters. The van der Waals surface area contributed by atoms with E-state index in [9.17, 15) is 4.79 Å². The Labute approximate surface area is 152 Å². The minimum absolute atomic E-state index is 0.115. The van der Waals surface area contributed by atoms with Gasteiger partial charge in [0.2, 0.25) is 0 Å². The van der Waals surface area contributed by atoms with Gasteiger partial charge in [-0.25, -0.2) is 0 Å². The Bertz CT molecular complexity index is 755. The molecule has 0 unspecified atom stereocenters. The Morgan fingerprint density at radius 2 is 1.78 bits per heavy atom. The summed E-state index contributed by atoms with van der Waals surface area (Å²) in [6, 6.07) is 12.9. The molecule has 0 aliphatic rings. The predicted molar refractivity (Wildman–Crippen MR) is 103 cm³/mol. The second kappa shape index (κ2) is 8.15. The molecule has 3 aromatic heterocycles. The zero-order valence-corrected chi connectivity index (χ0v) is 15.9. The lowest BCUT2D eigenvalue weighted by atomic mass is 10.3. The summed E-state index contributed by atoms with van der Waals surface area (Å²) in [6.45, 7) is 2.29. The number of carbonyl (C=O) groups excluding carboxylic acids is 1. The van der Waals surface area contributed by atoms with Crippen molar-refractivity contribution in [2.24, 2.45) is 0 Å². The van der Waals surface area contributed by atoms with Crippen molar-refractivity contribution in [2.75, 3.05) is 12.4 Å². The summed E-state index contributed by atoms with van der Waals surface area (Å²) in [6.07, 6.45) is 0.466. The number of hydrogen-bond acceptors (Lipinski definition) is 6. The fraction of sp³-hybridized carbons (Fsp3) is 0.235. The van der Waals surface area contributed by atoms with E-state index in [0.717, 1.165) is 5.75 Å². The molecule has 0 saturated carbocycles. The lowest BCUT2D eigenvalue weighted by Gasteiger charge is -2.00. The monoisotopic (exact) mass is 380 g/mol. The topological polar surface area (TPSA) is 26.3 Å². The van der Waals surface area contributed by atoms with Gasteiger partial charge in [-0.05, 0) is 42.6 Å². The molecule has 0 N–H and O–H groups in total. The Kier molecular flexibility index (Phi) is 5.94. The van der Waals surface area contributed by atoms with Crippen molar-refractivity contribution in [3.8, 4) is 19.5 Å². The average Bonchev–Trinajstić information content (AvgIpc) is 3.28. The van der Waals surface area contributed by atoms with Crippen molar-refractivity contribution in [2.45, 2.75) is 17.6 Å². The van der Waals surface area contributed by atoms with Crippen LogP contribution in [0.5, 0.6) is 0 Å². The molecule has 0 spiro atoms. The van der Waals surface area contributed by atoms with Gasteiger partial charge >= 0.3 is 5.97 Å². The van der Waals surface area contributed by atoms with Crippen LogP contribution < -0.4 is 0 Å². The van der Waals surface area contributed by atoms with Crippen molar-refractivity contribution in [3.05, 3.63) is 41.8 Å². The Hall–Kier alpha value is -1.08. The van der Waals surface area contributed by atoms with Crippen LogP contribution in [0.25, 0.3) is 19.5 Å². The van der Waals surface area contributed by atoms with Crippen LogP contribution in [-0.2, 0) is 9.53 Å². The quantitative estimate of drug-likeness (QED) is 0.358. The van der Waals surface area contributed by atoms with Crippen molar-refractivity contribution < 1.29 is 9.53 Å². The van der Waals surface area contributed by atoms with Crippen LogP contribution in [0.4, 0.5) is 0 Å². The van der Waals surface area contributed by atoms with Gasteiger partial charge < -0.3 is 4.74 Å². The second-order valence-electron chi connectivity index (χ2n) is 4.66. The minimum Gasteiger partial charge on any atom is -0.466 e. The zero-order valence-electron chi connectivity index (χ0n) is 12.6. The standard InChI is InChI=1S/C17H16O2S4/c1-2-19-16(18)9-11-21-17-8-7-15(23-17)14-6-5-13(22-14)12-4-3-10-20-12/h3-8,10H,2,9,11H2,1H3. The molecule has 3 rings (SSSR count). The van der Waals surface area contributed by atoms with E-state index >= 15 is 0 Å². The fourth-order valence-electron chi connectivity index (χ4n) is 2.02. The molecule has 2 nitrogen and oxygen atoms in total. The van der Waals surface area contributed by atoms with E-state index in [1.807, 2.05) is 18.3 Å². The van der Waals surface area contributed by atoms with Crippen molar-refractivity contribution >= 4 is 51.7 Å². The molecule has 0 saturated heterocycles. The molecule has 0 fully saturated rings. The van der Waals surface area contributed by atoms with Crippen LogP contribution in [0.2, 0.25) is 0 Å². The van der Waals surface area contributed by atoms with E-state index < -0.39 is 0 Å². The van der Waals surface area contributed by atoms with Crippen molar-refractivity contribution in [3.63, 3.8) is 0 Å². The normalized spacial score (nSPS) is 10.8. The molecule has 0 bridgehead atoms. The van der Waals surface area contributed by atoms with Crippen LogP contribution in [0.15, 0.2) is 46.0 Å². The summed E-state index contributed by atoms with van der Waals surface area (Å²) >= 11 is 7.11. The van der Waals surface area contributed by atoms with Gasteiger partial charge in [-0.2, -0.15) is 0 Å². The number of thiophene rings is 3. The molecule has 0 aromatic carbocycles. The first-order chi connectivity index (χ1) is 11.3. The Morgan fingerprint density at radius 1 is 1.04 bits per heavy atom. The summed E-state index contributed by atoms with van der Waals surface area (Å²) in [5.74, 6) is 0.652. The van der Waals surface area contributed by atoms with Gasteiger partial charge in [0.15, 0.2) is 0 Å². The summed E-state index contributed by atoms with van der Waals surface area (Å²) in [5, 5.41) is 2.11. The Morgan fingerprint density at radius 3 is 2.52 bits per heavy atom. The highest BCUT2D eigenvalue weighted by Crippen LogP contribution is 2.40. The van der Waals surface area contributed by atoms with Gasteiger partial charge in [-0.3, -0.25) is 4.79 Å². The first-order valence-electron chi connectivity index (χ1n) is 7.28. The predicted octanol–water partition coefficient (Wildman–Crippen LogP) is 6.25. The largest absolute Gasteiger partial charge is 0.466 e. The lowest BCUT2D eigenvalue weighted by molar-refractivity contribution is -0.142. The number of hydrogen-bond donors (Lipinski definition) is 0. The third-order valence-electron chi connectivity index (χ3n) is 3.05. The number of esters is 1. The van der Waals surface area contributed by atoms with Crippen LogP contribution in [0, 0.1) is 0 Å². The maximum absolute atomic E-state index is 11.3. The maximum atomic E-state index is 11.3. The molecule has 23 heavy (non-hydrogen) atoms. The molecular weight excluding hydrogens is 364 g/mol. The summed E-state index contributed by atoms with van der Waals surface area (Å²) in [5.41, 5.74) is 0. The first-order valence-corrected chi connectivity index (χ1v) is 10.8. The number of carbonyl (C=O) groups is 1. The van der Waals surface area contributed by atoms with Gasteiger partial charge in [-0.1, -0.05) is 6.07 Å². The van der Waals surface area contributed by atoms with Crippen LogP contribution in [0.3, 0.4) is 0 Å². The summed E-state index contributed by atoms with van der Waals surface area (Å²) in [4.78, 5) is 16.6. The number of ether oxygens (including phenoxy) is 1. The van der Waals surface area contributed by atoms with Gasteiger partial charge in [0.1, 0.15) is 0 Å². The molecule has 3 heterocycles. The molecule has 3 aromatic rings. The molecule has 0 amide bonds. The molecule has 0 radical (unpaired) electrons. The van der Waals surface area contributed by atoms with Gasteiger partial charge in [0.25, 0.3) is 0 Å². The highest BCUT2D eigenvalue weighted by molar-refractivity contribution is 8.01. The second-order valence-corrected chi connectivity index (χ2v) is 9.17. The van der Waals surface area contributed by atoms with Crippen molar-refractivity contribution in [1.29, 1.82) is 0 Å². The van der Waals surface area contributed by atoms with Gasteiger partial charge in [0, 0.05) is 25.3 Å². The smallest absolute Gasteiger partial charge is 0.306 e. The zero-order chi connectivity index (χ0) is 16.1. The van der Waals surface area contributed by atoms with Crippen LogP contribution >= 0.6 is 45.8 Å². The summed E-state index contributed by atoms with van der Waals surface area (Å²) in [7, 11) is 0. The molecule has 6 heteroatoms. The SMILES string of the molecule is CCOC(=O)CCSc1ccc(-c2ccc(-c3cccs3)s2)s1. The highest BCUT2D eigenvalue weighted by Gasteiger charge is 2.09. The highest BCUT2D eigenvalue weighted by atomic mass is 32.2. The van der Waals surface area contributed by atoms with Crippen LogP contribution in [-0.4, -0.2) is 18.3 Å². The number of rotatable bonds is 7. The van der Waals surface area contributed by atoms with E-state index in [2.05, 4.69) is 41.8 Å². The van der Waals surface area contributed by atoms with Gasteiger partial charge in [0.05, 0.1) is 17.2 Å². The van der Waals surface area contributed by atoms with Crippen LogP contribution in [0.1, 0.15) is 13.3 Å². The van der Waals surface area contributed by atoms with Gasteiger partial charge in [-0.15, -0.1) is 45.8 Å². The number of thioether (sulfide) groups is 1. The molecule has 0 aliphatic carbocycles. The fourth-order valence-corrected chi connectivity index (χ4v) is 6.08. The third kappa shape index (κ3) is 4.47. The van der Waals surface area contributed by atoms with E-state index in [0.29, 0.717) is 13.0 Å². The maximum Gasteiger partial charge on any atom is 0.306 e. The lowest BCUT2D eigenvalue weighted by Crippen LogP contribution is -2.04. The average molecular weight is 381 g/mol. The molecule has 120 valence electrons. The summed E-state index contributed by atoms with van der Waals surface area (Å²) < 4.78 is 6.19. The van der Waals surface area contributed by atoms with Crippen molar-refractivity contribution in [1.82, 2.24) is 0 Å². The molecular formula is C17H16O2S4. The minimum atomic E-state index is -0.115. The Balaban J connectivity index is 1.60. The molecule has 0 aliphatic heterocycles. The van der Waals surface area contributed by atoms with E-state index in [4.69, 9.17) is 4.74 Å².